The van der Waals surface area contributed by atoms with E-state index < -0.39 is 0 Å². The van der Waals surface area contributed by atoms with E-state index in [1.54, 1.807) is 7.11 Å². The van der Waals surface area contributed by atoms with Gasteiger partial charge in [-0.2, -0.15) is 5.10 Å². The largest absolute Gasteiger partial charge is 0.497 e. The third-order valence-electron chi connectivity index (χ3n) is 3.91. The SMILES string of the molecule is COc1cccc(/C(C)=N\NC(=O)CSc2nc3ccccc3n2C)c1. The fourth-order valence-corrected chi connectivity index (χ4v) is 3.25. The standard InChI is InChI=1S/C19H20N4O2S/c1-13(14-7-6-8-15(11-14)25-3)21-22-18(24)12-26-19-20-16-9-4-5-10-17(16)23(19)2/h4-11H,12H2,1-3H3,(H,22,24)/b21-13-. The van der Waals surface area contributed by atoms with Crippen LogP contribution in [-0.4, -0.2) is 34.0 Å². The molecule has 0 unspecified atom stereocenters. The number of hydrogen-bond donors (Lipinski definition) is 1. The number of ether oxygens (including phenoxy) is 1. The maximum Gasteiger partial charge on any atom is 0.250 e. The number of thioether (sulfide) groups is 1. The van der Waals surface area contributed by atoms with Crippen molar-refractivity contribution in [1.29, 1.82) is 0 Å². The summed E-state index contributed by atoms with van der Waals surface area (Å²) in [5.41, 5.74) is 6.17. The molecule has 1 aromatic heterocycles. The summed E-state index contributed by atoms with van der Waals surface area (Å²) < 4.78 is 7.18. The van der Waals surface area contributed by atoms with E-state index in [2.05, 4.69) is 15.5 Å². The lowest BCUT2D eigenvalue weighted by molar-refractivity contribution is -0.118. The minimum atomic E-state index is -0.177. The molecule has 0 aliphatic heterocycles. The number of imidazole rings is 1. The van der Waals surface area contributed by atoms with E-state index in [4.69, 9.17) is 4.74 Å². The number of benzene rings is 2. The van der Waals surface area contributed by atoms with Crippen LogP contribution in [0.1, 0.15) is 12.5 Å². The maximum atomic E-state index is 12.1. The third kappa shape index (κ3) is 4.05. The highest BCUT2D eigenvalue weighted by Crippen LogP contribution is 2.22. The van der Waals surface area contributed by atoms with Crippen molar-refractivity contribution in [3.63, 3.8) is 0 Å². The third-order valence-corrected chi connectivity index (χ3v) is 4.94. The van der Waals surface area contributed by atoms with Crippen LogP contribution in [0, 0.1) is 0 Å². The highest BCUT2D eigenvalue weighted by atomic mass is 32.2. The summed E-state index contributed by atoms with van der Waals surface area (Å²) >= 11 is 1.38. The molecule has 0 bridgehead atoms. The first-order valence-corrected chi connectivity index (χ1v) is 9.09. The minimum Gasteiger partial charge on any atom is -0.497 e. The quantitative estimate of drug-likeness (QED) is 0.412. The summed E-state index contributed by atoms with van der Waals surface area (Å²) in [6.07, 6.45) is 0. The first kappa shape index (κ1) is 18.0. The molecule has 3 aromatic rings. The van der Waals surface area contributed by atoms with E-state index >= 15 is 0 Å². The van der Waals surface area contributed by atoms with Crippen LogP contribution >= 0.6 is 11.8 Å². The van der Waals surface area contributed by atoms with Gasteiger partial charge < -0.3 is 9.30 Å². The number of carbonyl (C=O) groups is 1. The van der Waals surface area contributed by atoms with Crippen molar-refractivity contribution < 1.29 is 9.53 Å². The summed E-state index contributed by atoms with van der Waals surface area (Å²) in [5, 5.41) is 4.97. The van der Waals surface area contributed by atoms with Gasteiger partial charge in [-0.05, 0) is 31.2 Å². The lowest BCUT2D eigenvalue weighted by Gasteiger charge is -2.05. The topological polar surface area (TPSA) is 68.5 Å². The van der Waals surface area contributed by atoms with Gasteiger partial charge in [0, 0.05) is 12.6 Å². The molecular weight excluding hydrogens is 348 g/mol. The van der Waals surface area contributed by atoms with Gasteiger partial charge in [-0.25, -0.2) is 10.4 Å². The molecule has 7 heteroatoms. The van der Waals surface area contributed by atoms with Crippen LogP contribution < -0.4 is 10.2 Å². The second-order valence-electron chi connectivity index (χ2n) is 5.69. The van der Waals surface area contributed by atoms with E-state index in [1.165, 1.54) is 11.8 Å². The Morgan fingerprint density at radius 1 is 1.27 bits per heavy atom. The van der Waals surface area contributed by atoms with Gasteiger partial charge in [0.1, 0.15) is 5.75 Å². The van der Waals surface area contributed by atoms with E-state index in [9.17, 15) is 4.79 Å². The highest BCUT2D eigenvalue weighted by molar-refractivity contribution is 7.99. The van der Waals surface area contributed by atoms with Gasteiger partial charge in [0.25, 0.3) is 5.91 Å². The highest BCUT2D eigenvalue weighted by Gasteiger charge is 2.10. The summed E-state index contributed by atoms with van der Waals surface area (Å²) in [6, 6.07) is 15.4. The zero-order valence-corrected chi connectivity index (χ0v) is 15.7. The lowest BCUT2D eigenvalue weighted by Crippen LogP contribution is -2.21. The Labute approximate surface area is 156 Å². The Morgan fingerprint density at radius 2 is 2.08 bits per heavy atom. The second kappa shape index (κ2) is 8.05. The molecule has 2 aromatic carbocycles. The number of methoxy groups -OCH3 is 1. The van der Waals surface area contributed by atoms with Crippen molar-refractivity contribution in [2.75, 3.05) is 12.9 Å². The summed E-state index contributed by atoms with van der Waals surface area (Å²) in [6.45, 7) is 1.84. The molecule has 0 saturated heterocycles. The van der Waals surface area contributed by atoms with Crippen LogP contribution in [0.25, 0.3) is 11.0 Å². The summed E-state index contributed by atoms with van der Waals surface area (Å²) in [4.78, 5) is 16.6. The zero-order valence-electron chi connectivity index (χ0n) is 14.9. The van der Waals surface area contributed by atoms with Crippen molar-refractivity contribution >= 4 is 34.4 Å². The fraction of sp³-hybridized carbons (Fsp3) is 0.211. The number of nitrogens with zero attached hydrogens (tertiary/aromatic N) is 3. The van der Waals surface area contributed by atoms with Crippen LogP contribution in [0.5, 0.6) is 5.75 Å². The number of carbonyl (C=O) groups excluding carboxylic acids is 1. The molecule has 0 aliphatic rings. The number of nitrogens with one attached hydrogen (secondary N) is 1. The van der Waals surface area contributed by atoms with Gasteiger partial charge in [-0.1, -0.05) is 36.0 Å². The molecule has 6 nitrogen and oxygen atoms in total. The van der Waals surface area contributed by atoms with Gasteiger partial charge >= 0.3 is 0 Å². The van der Waals surface area contributed by atoms with Crippen LogP contribution in [0.3, 0.4) is 0 Å². The van der Waals surface area contributed by atoms with Crippen LogP contribution in [0.2, 0.25) is 0 Å². The first-order valence-electron chi connectivity index (χ1n) is 8.10. The molecule has 0 fully saturated rings. The van der Waals surface area contributed by atoms with E-state index in [-0.39, 0.29) is 11.7 Å². The molecular formula is C19H20N4O2S. The van der Waals surface area contributed by atoms with Gasteiger partial charge in [-0.15, -0.1) is 0 Å². The smallest absolute Gasteiger partial charge is 0.250 e. The molecule has 3 rings (SSSR count). The fourth-order valence-electron chi connectivity index (χ4n) is 2.47. The van der Waals surface area contributed by atoms with Gasteiger partial charge in [-0.3, -0.25) is 4.79 Å². The molecule has 0 saturated carbocycles. The zero-order chi connectivity index (χ0) is 18.5. The van der Waals surface area contributed by atoms with E-state index in [1.807, 2.05) is 67.1 Å². The second-order valence-corrected chi connectivity index (χ2v) is 6.64. The minimum absolute atomic E-state index is 0.177. The summed E-state index contributed by atoms with van der Waals surface area (Å²) in [7, 11) is 3.56. The van der Waals surface area contributed by atoms with Crippen LogP contribution in [0.4, 0.5) is 0 Å². The van der Waals surface area contributed by atoms with Crippen LogP contribution in [-0.2, 0) is 11.8 Å². The number of hydrogen-bond acceptors (Lipinski definition) is 5. The normalized spacial score (nSPS) is 11.6. The molecule has 1 N–H and O–H groups in total. The van der Waals surface area contributed by atoms with Crippen molar-refractivity contribution in [2.24, 2.45) is 12.1 Å². The molecule has 26 heavy (non-hydrogen) atoms. The Bertz CT molecular complexity index is 965. The van der Waals surface area contributed by atoms with Crippen molar-refractivity contribution in [2.45, 2.75) is 12.1 Å². The van der Waals surface area contributed by atoms with E-state index in [0.717, 1.165) is 27.5 Å². The molecule has 134 valence electrons. The lowest BCUT2D eigenvalue weighted by atomic mass is 10.1. The van der Waals surface area contributed by atoms with Gasteiger partial charge in [0.15, 0.2) is 5.16 Å². The molecule has 0 aliphatic carbocycles. The number of rotatable bonds is 6. The van der Waals surface area contributed by atoms with Gasteiger partial charge in [0.2, 0.25) is 0 Å². The molecule has 1 amide bonds. The number of hydrazone groups is 1. The van der Waals surface area contributed by atoms with Crippen LogP contribution in [0.15, 0.2) is 58.8 Å². The first-order chi connectivity index (χ1) is 12.6. The summed E-state index contributed by atoms with van der Waals surface area (Å²) in [5.74, 6) is 0.816. The molecule has 1 heterocycles. The Balaban J connectivity index is 1.60. The van der Waals surface area contributed by atoms with E-state index in [0.29, 0.717) is 5.71 Å². The Morgan fingerprint density at radius 3 is 2.85 bits per heavy atom. The predicted molar refractivity (Wildman–Crippen MR) is 105 cm³/mol. The average Bonchev–Trinajstić information content (AvgIpc) is 3.00. The predicted octanol–water partition coefficient (Wildman–Crippen LogP) is 3.21. The number of para-hydroxylation sites is 2. The average molecular weight is 368 g/mol. The van der Waals surface area contributed by atoms with Crippen molar-refractivity contribution in [3.05, 3.63) is 54.1 Å². The Kier molecular flexibility index (Phi) is 5.58. The van der Waals surface area contributed by atoms with Gasteiger partial charge in [0.05, 0.1) is 29.6 Å². The number of fused-ring (bicyclic) bond motifs is 1. The monoisotopic (exact) mass is 368 g/mol. The molecule has 0 radical (unpaired) electrons. The number of aryl methyl sites for hydroxylation is 1. The molecule has 0 atom stereocenters. The Hall–Kier alpha value is -2.80. The van der Waals surface area contributed by atoms with Crippen molar-refractivity contribution in [1.82, 2.24) is 15.0 Å². The maximum absolute atomic E-state index is 12.1. The number of amides is 1. The van der Waals surface area contributed by atoms with Crippen molar-refractivity contribution in [3.8, 4) is 5.75 Å². The molecule has 0 spiro atoms. The number of aromatic nitrogens is 2.